The highest BCUT2D eigenvalue weighted by molar-refractivity contribution is 7.89. The Kier molecular flexibility index (Phi) is 5.77. The van der Waals surface area contributed by atoms with E-state index in [0.717, 1.165) is 24.0 Å². The maximum absolute atomic E-state index is 13.0. The van der Waals surface area contributed by atoms with Gasteiger partial charge in [-0.15, -0.1) is 0 Å². The van der Waals surface area contributed by atoms with E-state index in [1.165, 1.54) is 16.4 Å². The van der Waals surface area contributed by atoms with Gasteiger partial charge in [0.15, 0.2) is 0 Å². The zero-order valence-electron chi connectivity index (χ0n) is 16.9. The molecule has 2 fully saturated rings. The lowest BCUT2D eigenvalue weighted by atomic mass is 10.0. The van der Waals surface area contributed by atoms with Crippen LogP contribution in [0.5, 0.6) is 0 Å². The predicted octanol–water partition coefficient (Wildman–Crippen LogP) is 3.27. The van der Waals surface area contributed by atoms with E-state index in [4.69, 9.17) is 4.74 Å². The number of aryl methyl sites for hydroxylation is 1. The molecule has 1 unspecified atom stereocenters. The summed E-state index contributed by atoms with van der Waals surface area (Å²) in [5.41, 5.74) is 2.54. The molecule has 4 rings (SSSR count). The lowest BCUT2D eigenvalue weighted by Gasteiger charge is -2.28. The number of nitro benzene ring substituents is 1. The molecule has 2 saturated heterocycles. The van der Waals surface area contributed by atoms with E-state index >= 15 is 0 Å². The molecule has 0 saturated carbocycles. The summed E-state index contributed by atoms with van der Waals surface area (Å²) in [4.78, 5) is 13.4. The Labute approximate surface area is 176 Å². The molecule has 160 valence electrons. The molecule has 0 spiro atoms. The van der Waals surface area contributed by atoms with Gasteiger partial charge in [0.25, 0.3) is 5.69 Å². The Morgan fingerprint density at radius 2 is 1.87 bits per heavy atom. The smallest absolute Gasteiger partial charge is 0.293 e. The van der Waals surface area contributed by atoms with Crippen molar-refractivity contribution < 1.29 is 18.1 Å². The zero-order valence-corrected chi connectivity index (χ0v) is 17.7. The lowest BCUT2D eigenvalue weighted by molar-refractivity contribution is -0.384. The van der Waals surface area contributed by atoms with Crippen molar-refractivity contribution in [3.05, 3.63) is 63.7 Å². The molecule has 2 aromatic carbocycles. The van der Waals surface area contributed by atoms with E-state index in [2.05, 4.69) is 6.07 Å². The van der Waals surface area contributed by atoms with E-state index in [1.54, 1.807) is 6.07 Å². The minimum atomic E-state index is -3.80. The van der Waals surface area contributed by atoms with Crippen molar-refractivity contribution >= 4 is 21.4 Å². The first-order valence-electron chi connectivity index (χ1n) is 10.1. The second-order valence-electron chi connectivity index (χ2n) is 7.69. The van der Waals surface area contributed by atoms with Crippen LogP contribution in [0.25, 0.3) is 0 Å². The monoisotopic (exact) mass is 431 g/mol. The van der Waals surface area contributed by atoms with Gasteiger partial charge in [-0.2, -0.15) is 4.31 Å². The van der Waals surface area contributed by atoms with Gasteiger partial charge < -0.3 is 9.64 Å². The SMILES string of the molecule is Cc1cccc(C2CCCN2c2ccc(S(=O)(=O)N3CCOCC3)cc2[N+](=O)[O-])c1. The third kappa shape index (κ3) is 3.92. The van der Waals surface area contributed by atoms with Gasteiger partial charge in [-0.25, -0.2) is 8.42 Å². The molecule has 0 amide bonds. The Morgan fingerprint density at radius 3 is 2.57 bits per heavy atom. The maximum Gasteiger partial charge on any atom is 0.293 e. The number of anilines is 1. The molecule has 30 heavy (non-hydrogen) atoms. The fourth-order valence-electron chi connectivity index (χ4n) is 4.27. The highest BCUT2D eigenvalue weighted by Gasteiger charge is 2.33. The fraction of sp³-hybridized carbons (Fsp3) is 0.429. The Morgan fingerprint density at radius 1 is 1.10 bits per heavy atom. The first-order chi connectivity index (χ1) is 14.4. The van der Waals surface area contributed by atoms with Gasteiger partial charge in [-0.3, -0.25) is 10.1 Å². The van der Waals surface area contributed by atoms with Crippen molar-refractivity contribution in [2.24, 2.45) is 0 Å². The summed E-state index contributed by atoms with van der Waals surface area (Å²) in [6.45, 7) is 3.86. The number of rotatable bonds is 5. The van der Waals surface area contributed by atoms with E-state index in [-0.39, 0.29) is 29.7 Å². The minimum absolute atomic E-state index is 0.0327. The van der Waals surface area contributed by atoms with E-state index in [0.29, 0.717) is 25.4 Å². The van der Waals surface area contributed by atoms with Crippen molar-refractivity contribution in [3.63, 3.8) is 0 Å². The van der Waals surface area contributed by atoms with Crippen molar-refractivity contribution in [2.75, 3.05) is 37.7 Å². The third-order valence-electron chi connectivity index (χ3n) is 5.74. The van der Waals surface area contributed by atoms with Crippen LogP contribution in [0, 0.1) is 17.0 Å². The zero-order chi connectivity index (χ0) is 21.3. The minimum Gasteiger partial charge on any atom is -0.379 e. The third-order valence-corrected chi connectivity index (χ3v) is 7.64. The van der Waals surface area contributed by atoms with Gasteiger partial charge >= 0.3 is 0 Å². The van der Waals surface area contributed by atoms with Crippen LogP contribution < -0.4 is 4.90 Å². The molecule has 0 bridgehead atoms. The van der Waals surface area contributed by atoms with Gasteiger partial charge in [0, 0.05) is 25.7 Å². The van der Waals surface area contributed by atoms with Crippen LogP contribution in [0.3, 0.4) is 0 Å². The van der Waals surface area contributed by atoms with Gasteiger partial charge in [-0.05, 0) is 37.5 Å². The number of sulfonamides is 1. The second kappa shape index (κ2) is 8.33. The number of benzene rings is 2. The first kappa shape index (κ1) is 20.8. The van der Waals surface area contributed by atoms with Crippen LogP contribution in [0.4, 0.5) is 11.4 Å². The summed E-state index contributed by atoms with van der Waals surface area (Å²) in [5.74, 6) is 0. The molecule has 9 heteroatoms. The quantitative estimate of drug-likeness (QED) is 0.533. The van der Waals surface area contributed by atoms with Crippen LogP contribution in [0.1, 0.15) is 30.0 Å². The molecular formula is C21H25N3O5S. The molecule has 2 aromatic rings. The molecular weight excluding hydrogens is 406 g/mol. The Balaban J connectivity index is 1.71. The standard InChI is InChI=1S/C21H25N3O5S/c1-16-4-2-5-17(14-16)19-6-3-9-23(19)20-8-7-18(15-21(20)24(25)26)30(27,28)22-10-12-29-13-11-22/h2,4-5,7-8,14-15,19H,3,6,9-13H2,1H3. The largest absolute Gasteiger partial charge is 0.379 e. The maximum atomic E-state index is 13.0. The van der Waals surface area contributed by atoms with Crippen LogP contribution in [-0.4, -0.2) is 50.5 Å². The average Bonchev–Trinajstić information content (AvgIpc) is 3.23. The van der Waals surface area contributed by atoms with E-state index in [9.17, 15) is 18.5 Å². The molecule has 0 N–H and O–H groups in total. The predicted molar refractivity (Wildman–Crippen MR) is 113 cm³/mol. The Hall–Kier alpha value is -2.49. The molecule has 0 radical (unpaired) electrons. The number of ether oxygens (including phenoxy) is 1. The molecule has 2 aliphatic heterocycles. The van der Waals surface area contributed by atoms with Crippen LogP contribution in [0.15, 0.2) is 47.4 Å². The van der Waals surface area contributed by atoms with Crippen molar-refractivity contribution in [1.82, 2.24) is 4.31 Å². The summed E-state index contributed by atoms with van der Waals surface area (Å²) in [7, 11) is -3.80. The van der Waals surface area contributed by atoms with E-state index < -0.39 is 14.9 Å². The molecule has 0 aliphatic carbocycles. The van der Waals surface area contributed by atoms with Crippen molar-refractivity contribution in [1.29, 1.82) is 0 Å². The number of hydrogen-bond donors (Lipinski definition) is 0. The number of nitro groups is 1. The summed E-state index contributed by atoms with van der Waals surface area (Å²) in [6.07, 6.45) is 1.82. The number of nitrogens with zero attached hydrogens (tertiary/aromatic N) is 3. The number of morpholine rings is 1. The summed E-state index contributed by atoms with van der Waals surface area (Å²) >= 11 is 0. The average molecular weight is 432 g/mol. The second-order valence-corrected chi connectivity index (χ2v) is 9.63. The van der Waals surface area contributed by atoms with Gasteiger partial charge in [0.2, 0.25) is 10.0 Å². The van der Waals surface area contributed by atoms with E-state index in [1.807, 2.05) is 30.0 Å². The molecule has 0 aromatic heterocycles. The van der Waals surface area contributed by atoms with Crippen LogP contribution >= 0.6 is 0 Å². The Bertz CT molecular complexity index is 1050. The molecule has 2 aliphatic rings. The number of hydrogen-bond acceptors (Lipinski definition) is 6. The topological polar surface area (TPSA) is 93.0 Å². The first-order valence-corrected chi connectivity index (χ1v) is 11.5. The van der Waals surface area contributed by atoms with Crippen LogP contribution in [0.2, 0.25) is 0 Å². The van der Waals surface area contributed by atoms with Crippen molar-refractivity contribution in [2.45, 2.75) is 30.7 Å². The lowest BCUT2D eigenvalue weighted by Crippen LogP contribution is -2.40. The molecule has 2 heterocycles. The fourth-order valence-corrected chi connectivity index (χ4v) is 5.70. The van der Waals surface area contributed by atoms with Gasteiger partial charge in [0.1, 0.15) is 5.69 Å². The van der Waals surface area contributed by atoms with Crippen LogP contribution in [-0.2, 0) is 14.8 Å². The highest BCUT2D eigenvalue weighted by atomic mass is 32.2. The summed E-state index contributed by atoms with van der Waals surface area (Å²) in [5, 5.41) is 11.9. The van der Waals surface area contributed by atoms with Gasteiger partial charge in [-0.1, -0.05) is 29.8 Å². The van der Waals surface area contributed by atoms with Gasteiger partial charge in [0.05, 0.1) is 29.1 Å². The normalized spacial score (nSPS) is 20.4. The molecule has 8 nitrogen and oxygen atoms in total. The van der Waals surface area contributed by atoms with Crippen molar-refractivity contribution in [3.8, 4) is 0 Å². The molecule has 1 atom stereocenters. The highest BCUT2D eigenvalue weighted by Crippen LogP contribution is 2.41. The summed E-state index contributed by atoms with van der Waals surface area (Å²) in [6, 6.07) is 12.5. The summed E-state index contributed by atoms with van der Waals surface area (Å²) < 4.78 is 32.4.